The molecule has 0 saturated heterocycles. The van der Waals surface area contributed by atoms with Gasteiger partial charge < -0.3 is 4.74 Å². The highest BCUT2D eigenvalue weighted by Gasteiger charge is 2.05. The lowest BCUT2D eigenvalue weighted by Crippen LogP contribution is -1.97. The number of nitrogens with zero attached hydrogens (tertiary/aromatic N) is 2. The van der Waals surface area contributed by atoms with Crippen molar-refractivity contribution >= 4 is 11.6 Å². The minimum atomic E-state index is -0.558. The average Bonchev–Trinajstić information content (AvgIpc) is 2.46. The van der Waals surface area contributed by atoms with Gasteiger partial charge in [-0.25, -0.2) is 4.39 Å². The molecule has 0 amide bonds. The molecule has 0 aromatic heterocycles. The second-order valence-electron chi connectivity index (χ2n) is 3.97. The predicted molar refractivity (Wildman–Crippen MR) is 71.6 cm³/mol. The summed E-state index contributed by atoms with van der Waals surface area (Å²) >= 11 is 5.88. The Kier molecular flexibility index (Phi) is 4.20. The second kappa shape index (κ2) is 6.06. The number of rotatable bonds is 3. The highest BCUT2D eigenvalue weighted by molar-refractivity contribution is 6.31. The van der Waals surface area contributed by atoms with E-state index in [0.29, 0.717) is 21.9 Å². The van der Waals surface area contributed by atoms with Gasteiger partial charge in [-0.15, -0.1) is 0 Å². The SMILES string of the molecule is N#Cc1cc(COc2ccc(C#N)c(Cl)c2)ccc1F. The molecule has 0 spiro atoms. The van der Waals surface area contributed by atoms with Crippen molar-refractivity contribution in [2.24, 2.45) is 0 Å². The highest BCUT2D eigenvalue weighted by Crippen LogP contribution is 2.22. The Morgan fingerprint density at radius 3 is 2.45 bits per heavy atom. The van der Waals surface area contributed by atoms with Crippen LogP contribution in [0.3, 0.4) is 0 Å². The van der Waals surface area contributed by atoms with E-state index >= 15 is 0 Å². The van der Waals surface area contributed by atoms with Gasteiger partial charge in [-0.05, 0) is 29.8 Å². The van der Waals surface area contributed by atoms with Crippen LogP contribution in [0, 0.1) is 28.5 Å². The molecule has 0 unspecified atom stereocenters. The number of hydrogen-bond acceptors (Lipinski definition) is 3. The normalized spacial score (nSPS) is 9.60. The maximum absolute atomic E-state index is 13.2. The molecule has 0 bridgehead atoms. The predicted octanol–water partition coefficient (Wildman–Crippen LogP) is 3.80. The van der Waals surface area contributed by atoms with Crippen molar-refractivity contribution in [3.63, 3.8) is 0 Å². The van der Waals surface area contributed by atoms with E-state index in [1.165, 1.54) is 18.2 Å². The minimum Gasteiger partial charge on any atom is -0.489 e. The summed E-state index contributed by atoms with van der Waals surface area (Å²) in [6.07, 6.45) is 0. The zero-order valence-corrected chi connectivity index (χ0v) is 11.0. The van der Waals surface area contributed by atoms with Gasteiger partial charge in [0.1, 0.15) is 30.3 Å². The van der Waals surface area contributed by atoms with Crippen LogP contribution in [0.4, 0.5) is 4.39 Å². The molecule has 0 aliphatic carbocycles. The third-order valence-corrected chi connectivity index (χ3v) is 2.93. The molecule has 0 N–H and O–H groups in total. The molecule has 98 valence electrons. The summed E-state index contributed by atoms with van der Waals surface area (Å²) < 4.78 is 18.6. The van der Waals surface area contributed by atoms with Gasteiger partial charge in [-0.2, -0.15) is 10.5 Å². The van der Waals surface area contributed by atoms with Gasteiger partial charge >= 0.3 is 0 Å². The van der Waals surface area contributed by atoms with Gasteiger partial charge in [0.05, 0.1) is 16.1 Å². The first-order chi connectivity index (χ1) is 9.63. The van der Waals surface area contributed by atoms with Crippen LogP contribution in [0.2, 0.25) is 5.02 Å². The van der Waals surface area contributed by atoms with Gasteiger partial charge in [0.15, 0.2) is 0 Å². The largest absolute Gasteiger partial charge is 0.489 e. The number of hydrogen-bond donors (Lipinski definition) is 0. The van der Waals surface area contributed by atoms with Gasteiger partial charge in [0.2, 0.25) is 0 Å². The molecule has 0 heterocycles. The lowest BCUT2D eigenvalue weighted by molar-refractivity contribution is 0.306. The van der Waals surface area contributed by atoms with Gasteiger partial charge in [-0.3, -0.25) is 0 Å². The fourth-order valence-corrected chi connectivity index (χ4v) is 1.80. The molecule has 2 aromatic carbocycles. The summed E-state index contributed by atoms with van der Waals surface area (Å²) in [6, 6.07) is 12.6. The third-order valence-electron chi connectivity index (χ3n) is 2.62. The van der Waals surface area contributed by atoms with Crippen molar-refractivity contribution in [3.8, 4) is 17.9 Å². The van der Waals surface area contributed by atoms with Crippen molar-refractivity contribution < 1.29 is 9.13 Å². The van der Waals surface area contributed by atoms with Crippen LogP contribution in [0.25, 0.3) is 0 Å². The summed E-state index contributed by atoms with van der Waals surface area (Å²) in [5.74, 6) is -0.0606. The highest BCUT2D eigenvalue weighted by atomic mass is 35.5. The zero-order valence-electron chi connectivity index (χ0n) is 10.2. The second-order valence-corrected chi connectivity index (χ2v) is 4.38. The fourth-order valence-electron chi connectivity index (χ4n) is 1.59. The van der Waals surface area contributed by atoms with Crippen LogP contribution in [-0.4, -0.2) is 0 Å². The van der Waals surface area contributed by atoms with E-state index < -0.39 is 5.82 Å². The lowest BCUT2D eigenvalue weighted by Gasteiger charge is -2.07. The Balaban J connectivity index is 2.11. The van der Waals surface area contributed by atoms with Crippen molar-refractivity contribution in [3.05, 3.63) is 63.9 Å². The first-order valence-electron chi connectivity index (χ1n) is 5.65. The smallest absolute Gasteiger partial charge is 0.140 e. The molecule has 0 fully saturated rings. The third kappa shape index (κ3) is 3.06. The molecule has 3 nitrogen and oxygen atoms in total. The minimum absolute atomic E-state index is 0.0241. The van der Waals surface area contributed by atoms with Crippen LogP contribution in [0.15, 0.2) is 36.4 Å². The average molecular weight is 287 g/mol. The van der Waals surface area contributed by atoms with Crippen LogP contribution in [0.1, 0.15) is 16.7 Å². The van der Waals surface area contributed by atoms with E-state index in [1.54, 1.807) is 24.3 Å². The summed E-state index contributed by atoms with van der Waals surface area (Å²) in [5, 5.41) is 17.8. The van der Waals surface area contributed by atoms with Gasteiger partial charge in [-0.1, -0.05) is 17.7 Å². The van der Waals surface area contributed by atoms with Crippen LogP contribution < -0.4 is 4.74 Å². The van der Waals surface area contributed by atoms with Crippen LogP contribution in [0.5, 0.6) is 5.75 Å². The molecule has 20 heavy (non-hydrogen) atoms. The quantitative estimate of drug-likeness (QED) is 0.862. The summed E-state index contributed by atoms with van der Waals surface area (Å²) in [7, 11) is 0. The lowest BCUT2D eigenvalue weighted by atomic mass is 10.1. The molecule has 0 aliphatic heterocycles. The number of ether oxygens (including phenoxy) is 1. The Bertz CT molecular complexity index is 732. The van der Waals surface area contributed by atoms with E-state index in [1.807, 2.05) is 6.07 Å². The summed E-state index contributed by atoms with van der Waals surface area (Å²) in [5.41, 5.74) is 1.01. The van der Waals surface area contributed by atoms with Crippen molar-refractivity contribution in [1.82, 2.24) is 0 Å². The summed E-state index contributed by atoms with van der Waals surface area (Å²) in [6.45, 7) is 0.178. The Morgan fingerprint density at radius 1 is 1.05 bits per heavy atom. The molecule has 0 aliphatic rings. The van der Waals surface area contributed by atoms with Crippen molar-refractivity contribution in [1.29, 1.82) is 10.5 Å². The van der Waals surface area contributed by atoms with Crippen molar-refractivity contribution in [2.75, 3.05) is 0 Å². The molecule has 0 radical (unpaired) electrons. The molecular formula is C15H8ClFN2O. The molecule has 0 atom stereocenters. The first kappa shape index (κ1) is 13.9. The maximum Gasteiger partial charge on any atom is 0.140 e. The van der Waals surface area contributed by atoms with Gasteiger partial charge in [0.25, 0.3) is 0 Å². The van der Waals surface area contributed by atoms with E-state index in [4.69, 9.17) is 26.9 Å². The molecule has 5 heteroatoms. The van der Waals surface area contributed by atoms with E-state index in [2.05, 4.69) is 0 Å². The monoisotopic (exact) mass is 286 g/mol. The van der Waals surface area contributed by atoms with E-state index in [-0.39, 0.29) is 12.2 Å². The molecule has 2 rings (SSSR count). The topological polar surface area (TPSA) is 56.8 Å². The van der Waals surface area contributed by atoms with Crippen LogP contribution >= 0.6 is 11.6 Å². The van der Waals surface area contributed by atoms with E-state index in [0.717, 1.165) is 0 Å². The molecular weight excluding hydrogens is 279 g/mol. The maximum atomic E-state index is 13.2. The number of benzene rings is 2. The Hall–Kier alpha value is -2.56. The van der Waals surface area contributed by atoms with E-state index in [9.17, 15) is 4.39 Å². The first-order valence-corrected chi connectivity index (χ1v) is 6.03. The Morgan fingerprint density at radius 2 is 1.80 bits per heavy atom. The Labute approximate surface area is 120 Å². The zero-order chi connectivity index (χ0) is 14.5. The van der Waals surface area contributed by atoms with Gasteiger partial charge in [0, 0.05) is 6.07 Å². The standard InChI is InChI=1S/C15H8ClFN2O/c16-14-6-13(3-2-11(14)7-18)20-9-10-1-4-15(17)12(5-10)8-19/h1-6H,9H2. The number of nitriles is 2. The molecule has 0 saturated carbocycles. The van der Waals surface area contributed by atoms with Crippen molar-refractivity contribution in [2.45, 2.75) is 6.61 Å². The fraction of sp³-hybridized carbons (Fsp3) is 0.0667. The summed E-state index contributed by atoms with van der Waals surface area (Å²) in [4.78, 5) is 0. The number of halogens is 2. The molecule has 2 aromatic rings. The van der Waals surface area contributed by atoms with Crippen LogP contribution in [-0.2, 0) is 6.61 Å².